The molecule has 2 aliphatic heterocycles. The van der Waals surface area contributed by atoms with E-state index in [1.165, 1.54) is 5.56 Å². The smallest absolute Gasteiger partial charge is 0.415 e. The molecule has 9 heteroatoms. The van der Waals surface area contributed by atoms with Gasteiger partial charge in [-0.1, -0.05) is 35.3 Å². The summed E-state index contributed by atoms with van der Waals surface area (Å²) in [6, 6.07) is 20.1. The molecule has 3 atom stereocenters. The van der Waals surface area contributed by atoms with Crippen LogP contribution in [0.15, 0.2) is 72.9 Å². The van der Waals surface area contributed by atoms with Gasteiger partial charge in [-0.3, -0.25) is 9.88 Å². The lowest BCUT2D eigenvalue weighted by Gasteiger charge is -2.49. The molecule has 1 fully saturated rings. The van der Waals surface area contributed by atoms with Crippen molar-refractivity contribution >= 4 is 35.0 Å². The number of nitrogens with zero attached hydrogens (tertiary/aromatic N) is 3. The molecule has 1 amide bonds. The fourth-order valence-corrected chi connectivity index (χ4v) is 6.20. The van der Waals surface area contributed by atoms with Crippen LogP contribution in [0.25, 0.3) is 0 Å². The van der Waals surface area contributed by atoms with Gasteiger partial charge in [0.2, 0.25) is 5.88 Å². The van der Waals surface area contributed by atoms with Crippen LogP contribution in [0.2, 0.25) is 10.0 Å². The molecular formula is C31H28Cl2N4O3. The van der Waals surface area contributed by atoms with Crippen LogP contribution in [0.3, 0.4) is 0 Å². The predicted molar refractivity (Wildman–Crippen MR) is 156 cm³/mol. The summed E-state index contributed by atoms with van der Waals surface area (Å²) >= 11 is 12.4. The van der Waals surface area contributed by atoms with Crippen LogP contribution in [0.5, 0.6) is 17.4 Å². The minimum atomic E-state index is -0.509. The van der Waals surface area contributed by atoms with Crippen molar-refractivity contribution in [3.63, 3.8) is 0 Å². The number of likely N-dealkylation sites (tertiary alicyclic amines) is 1. The first-order chi connectivity index (χ1) is 19.2. The van der Waals surface area contributed by atoms with E-state index in [0.717, 1.165) is 23.4 Å². The number of ether oxygens (including phenoxy) is 2. The second-order valence-electron chi connectivity index (χ2n) is 10.5. The molecule has 40 heavy (non-hydrogen) atoms. The Morgan fingerprint density at radius 3 is 2.45 bits per heavy atom. The van der Waals surface area contributed by atoms with E-state index in [1.807, 2.05) is 56.3 Å². The van der Waals surface area contributed by atoms with Crippen molar-refractivity contribution < 1.29 is 14.3 Å². The number of piperidine rings is 1. The molecule has 4 aromatic rings. The number of halogens is 2. The van der Waals surface area contributed by atoms with Gasteiger partial charge >= 0.3 is 6.09 Å². The molecule has 6 rings (SSSR count). The fourth-order valence-electron chi connectivity index (χ4n) is 5.90. The van der Waals surface area contributed by atoms with E-state index in [1.54, 1.807) is 35.4 Å². The Morgan fingerprint density at radius 2 is 1.70 bits per heavy atom. The largest absolute Gasteiger partial charge is 0.437 e. The molecule has 1 saturated heterocycles. The van der Waals surface area contributed by atoms with Crippen molar-refractivity contribution in [2.24, 2.45) is 0 Å². The number of carbonyl (C=O) groups excluding carboxylic acids is 1. The first-order valence-corrected chi connectivity index (χ1v) is 13.9. The van der Waals surface area contributed by atoms with Crippen LogP contribution in [0.1, 0.15) is 47.8 Å². The predicted octanol–water partition coefficient (Wildman–Crippen LogP) is 8.11. The van der Waals surface area contributed by atoms with E-state index in [4.69, 9.17) is 32.7 Å². The van der Waals surface area contributed by atoms with Gasteiger partial charge < -0.3 is 14.8 Å². The summed E-state index contributed by atoms with van der Waals surface area (Å²) < 4.78 is 11.9. The summed E-state index contributed by atoms with van der Waals surface area (Å²) in [4.78, 5) is 24.3. The third-order valence-electron chi connectivity index (χ3n) is 7.75. The lowest BCUT2D eigenvalue weighted by atomic mass is 9.71. The Labute approximate surface area is 243 Å². The number of fused-ring (bicyclic) bond motifs is 3. The number of rotatable bonds is 4. The number of hydrogen-bond donors (Lipinski definition) is 1. The maximum absolute atomic E-state index is 13.7. The van der Waals surface area contributed by atoms with Crippen LogP contribution in [0, 0.1) is 13.8 Å². The highest BCUT2D eigenvalue weighted by Crippen LogP contribution is 2.55. The maximum atomic E-state index is 13.7. The van der Waals surface area contributed by atoms with Crippen LogP contribution in [0.4, 0.5) is 10.5 Å². The topological polar surface area (TPSA) is 76.6 Å². The Morgan fingerprint density at radius 1 is 1.00 bits per heavy atom. The molecule has 0 radical (unpaired) electrons. The molecule has 0 saturated carbocycles. The number of hydrogen-bond acceptors (Lipinski definition) is 6. The van der Waals surface area contributed by atoms with E-state index < -0.39 is 11.6 Å². The molecule has 3 aromatic carbocycles. The molecule has 2 unspecified atom stereocenters. The summed E-state index contributed by atoms with van der Waals surface area (Å²) in [5, 5.41) is 5.01. The summed E-state index contributed by atoms with van der Waals surface area (Å²) in [5.41, 5.74) is 4.12. The molecule has 1 N–H and O–H groups in total. The van der Waals surface area contributed by atoms with E-state index in [-0.39, 0.29) is 12.0 Å². The van der Waals surface area contributed by atoms with Gasteiger partial charge in [0.05, 0.1) is 23.0 Å². The average molecular weight is 575 g/mol. The molecule has 7 nitrogen and oxygen atoms in total. The van der Waals surface area contributed by atoms with Crippen molar-refractivity contribution in [2.75, 3.05) is 11.9 Å². The molecule has 3 heterocycles. The van der Waals surface area contributed by atoms with E-state index >= 15 is 0 Å². The number of anilines is 1. The van der Waals surface area contributed by atoms with Gasteiger partial charge in [0.15, 0.2) is 0 Å². The van der Waals surface area contributed by atoms with Crippen LogP contribution >= 0.6 is 23.2 Å². The zero-order chi connectivity index (χ0) is 28.0. The summed E-state index contributed by atoms with van der Waals surface area (Å²) in [6.45, 7) is 6.41. The highest BCUT2D eigenvalue weighted by Gasteiger charge is 2.54. The molecule has 1 aromatic heterocycles. The summed E-state index contributed by atoms with van der Waals surface area (Å²) in [7, 11) is 0. The lowest BCUT2D eigenvalue weighted by Crippen LogP contribution is -2.57. The molecule has 0 bridgehead atoms. The number of aromatic nitrogens is 2. The van der Waals surface area contributed by atoms with Crippen molar-refractivity contribution in [3.8, 4) is 17.4 Å². The van der Waals surface area contributed by atoms with Gasteiger partial charge in [0.25, 0.3) is 0 Å². The van der Waals surface area contributed by atoms with Gasteiger partial charge in [-0.2, -0.15) is 0 Å². The Kier molecular flexibility index (Phi) is 6.80. The highest BCUT2D eigenvalue weighted by atomic mass is 35.5. The lowest BCUT2D eigenvalue weighted by molar-refractivity contribution is 0.0740. The summed E-state index contributed by atoms with van der Waals surface area (Å²) in [5.74, 6) is 1.68. The first kappa shape index (κ1) is 26.4. The van der Waals surface area contributed by atoms with Gasteiger partial charge in [-0.05, 0) is 92.9 Å². The summed E-state index contributed by atoms with van der Waals surface area (Å²) in [6.07, 6.45) is 2.05. The van der Waals surface area contributed by atoms with Gasteiger partial charge in [-0.25, -0.2) is 9.78 Å². The average Bonchev–Trinajstić information content (AvgIpc) is 3.23. The standard InChI is InChI=1S/C31H28Cl2N4O3/c1-18-17-34-19(2)29(35-18)39-23-9-4-20(5-10-23)28-31(3)26(25-16-22(33)8-13-27(25)36-31)14-15-37(28)30(38)40-24-11-6-21(32)7-12-24/h4-13,16-17,26,28,36H,14-15H2,1-3H3/t26?,28-,31?/m0/s1. The zero-order valence-electron chi connectivity index (χ0n) is 22.3. The van der Waals surface area contributed by atoms with Gasteiger partial charge in [-0.15, -0.1) is 0 Å². The zero-order valence-corrected chi connectivity index (χ0v) is 23.8. The molecular weight excluding hydrogens is 547 g/mol. The van der Waals surface area contributed by atoms with Crippen molar-refractivity contribution in [3.05, 3.63) is 105 Å². The monoisotopic (exact) mass is 574 g/mol. The molecule has 204 valence electrons. The van der Waals surface area contributed by atoms with Crippen LogP contribution in [-0.4, -0.2) is 33.0 Å². The molecule has 2 aliphatic rings. The molecule has 0 aliphatic carbocycles. The van der Waals surface area contributed by atoms with Gasteiger partial charge in [0, 0.05) is 34.4 Å². The highest BCUT2D eigenvalue weighted by molar-refractivity contribution is 6.31. The number of aryl methyl sites for hydroxylation is 2. The van der Waals surface area contributed by atoms with E-state index in [0.29, 0.717) is 39.7 Å². The minimum absolute atomic E-state index is 0.145. The number of carbonyl (C=O) groups is 1. The second kappa shape index (κ2) is 10.3. The van der Waals surface area contributed by atoms with E-state index in [9.17, 15) is 4.79 Å². The van der Waals surface area contributed by atoms with Crippen LogP contribution < -0.4 is 14.8 Å². The Balaban J connectivity index is 1.35. The van der Waals surface area contributed by atoms with Crippen molar-refractivity contribution in [1.29, 1.82) is 0 Å². The number of benzene rings is 3. The fraction of sp³-hybridized carbons (Fsp3) is 0.258. The molecule has 0 spiro atoms. The third kappa shape index (κ3) is 4.84. The normalized spacial score (nSPS) is 21.3. The van der Waals surface area contributed by atoms with Crippen molar-refractivity contribution in [1.82, 2.24) is 14.9 Å². The number of amides is 1. The third-order valence-corrected chi connectivity index (χ3v) is 8.24. The first-order valence-electron chi connectivity index (χ1n) is 13.1. The minimum Gasteiger partial charge on any atom is -0.437 e. The van der Waals surface area contributed by atoms with E-state index in [2.05, 4.69) is 22.2 Å². The quantitative estimate of drug-likeness (QED) is 0.265. The van der Waals surface area contributed by atoms with Crippen molar-refractivity contribution in [2.45, 2.75) is 44.7 Å². The van der Waals surface area contributed by atoms with Crippen LogP contribution in [-0.2, 0) is 0 Å². The number of nitrogens with one attached hydrogen (secondary N) is 1. The van der Waals surface area contributed by atoms with Gasteiger partial charge in [0.1, 0.15) is 11.5 Å². The Bertz CT molecular complexity index is 1580. The second-order valence-corrected chi connectivity index (χ2v) is 11.3. The SMILES string of the molecule is Cc1cnc(C)c(Oc2ccc([C@@H]3N(C(=O)Oc4ccc(Cl)cc4)CCC4c5cc(Cl)ccc5NC43C)cc2)n1. The maximum Gasteiger partial charge on any atom is 0.415 e. The Hall–Kier alpha value is -3.81.